The van der Waals surface area contributed by atoms with Crippen LogP contribution in [0.5, 0.6) is 0 Å². The van der Waals surface area contributed by atoms with E-state index in [-0.39, 0.29) is 24.6 Å². The Kier molecular flexibility index (Phi) is 6.29. The first-order valence-electron chi connectivity index (χ1n) is 9.23. The Labute approximate surface area is 168 Å². The normalized spacial score (nSPS) is 23.6. The zero-order valence-corrected chi connectivity index (χ0v) is 16.0. The molecule has 2 amide bonds. The third-order valence-electron chi connectivity index (χ3n) is 4.87. The van der Waals surface area contributed by atoms with Crippen molar-refractivity contribution in [1.29, 1.82) is 0 Å². The maximum Gasteiger partial charge on any atom is 0.277 e. The van der Waals surface area contributed by atoms with Crippen LogP contribution in [0.4, 0.5) is 0 Å². The molecule has 0 unspecified atom stereocenters. The summed E-state index contributed by atoms with van der Waals surface area (Å²) in [5.41, 5.74) is -0.204. The lowest BCUT2D eigenvalue weighted by molar-refractivity contribution is -0.133. The van der Waals surface area contributed by atoms with Crippen molar-refractivity contribution in [2.75, 3.05) is 19.7 Å². The van der Waals surface area contributed by atoms with Gasteiger partial charge in [0.1, 0.15) is 17.8 Å². The number of hydrogen-bond acceptors (Lipinski definition) is 6. The molecule has 1 fully saturated rings. The molecule has 0 radical (unpaired) electrons. The van der Waals surface area contributed by atoms with E-state index in [1.54, 1.807) is 36.4 Å². The summed E-state index contributed by atoms with van der Waals surface area (Å²) in [4.78, 5) is 24.5. The molecule has 29 heavy (non-hydrogen) atoms. The van der Waals surface area contributed by atoms with Gasteiger partial charge >= 0.3 is 0 Å². The molecule has 154 valence electrons. The summed E-state index contributed by atoms with van der Waals surface area (Å²) in [6.45, 7) is 1.01. The van der Waals surface area contributed by atoms with Crippen LogP contribution in [0.15, 0.2) is 54.6 Å². The molecule has 3 atom stereocenters. The van der Waals surface area contributed by atoms with Crippen LogP contribution in [0.1, 0.15) is 26.3 Å². The van der Waals surface area contributed by atoms with Gasteiger partial charge in [-0.05, 0) is 31.2 Å². The molecule has 0 aliphatic carbocycles. The minimum Gasteiger partial charge on any atom is -0.387 e. The van der Waals surface area contributed by atoms with Crippen molar-refractivity contribution in [1.82, 2.24) is 10.4 Å². The second kappa shape index (κ2) is 8.71. The largest absolute Gasteiger partial charge is 0.387 e. The lowest BCUT2D eigenvalue weighted by atomic mass is 9.96. The van der Waals surface area contributed by atoms with Gasteiger partial charge in [0.05, 0.1) is 13.2 Å². The van der Waals surface area contributed by atoms with Crippen LogP contribution < -0.4 is 5.32 Å². The highest BCUT2D eigenvalue weighted by Gasteiger charge is 2.49. The molecule has 1 aliphatic heterocycles. The van der Waals surface area contributed by atoms with Gasteiger partial charge in [0, 0.05) is 17.7 Å². The quantitative estimate of drug-likeness (QED) is 0.420. The third kappa shape index (κ3) is 4.80. The smallest absolute Gasteiger partial charge is 0.277 e. The van der Waals surface area contributed by atoms with Gasteiger partial charge in [-0.25, -0.2) is 5.06 Å². The maximum absolute atomic E-state index is 12.2. The van der Waals surface area contributed by atoms with Crippen LogP contribution in [-0.2, 0) is 4.74 Å². The number of aliphatic hydroxyl groups excluding tert-OH is 1. The number of hydroxylamine groups is 2. The molecule has 1 saturated heterocycles. The van der Waals surface area contributed by atoms with Crippen LogP contribution in [-0.4, -0.2) is 69.8 Å². The molecule has 2 aromatic carbocycles. The SMILES string of the molecule is Cc1cccc(C(=O)NC[C@H]2OC[C@@](O)(CN(O)C(=O)c3ccccc3)[C@@H]2O)c1. The lowest BCUT2D eigenvalue weighted by Gasteiger charge is -2.29. The number of aliphatic hydroxyl groups is 2. The van der Waals surface area contributed by atoms with E-state index in [9.17, 15) is 25.0 Å². The first kappa shape index (κ1) is 20.9. The van der Waals surface area contributed by atoms with Gasteiger partial charge in [-0.15, -0.1) is 0 Å². The van der Waals surface area contributed by atoms with Crippen LogP contribution in [0, 0.1) is 6.92 Å². The summed E-state index contributed by atoms with van der Waals surface area (Å²) < 4.78 is 5.41. The van der Waals surface area contributed by atoms with E-state index in [1.807, 2.05) is 13.0 Å². The van der Waals surface area contributed by atoms with Crippen LogP contribution in [0.3, 0.4) is 0 Å². The number of benzene rings is 2. The number of carbonyl (C=O) groups is 2. The Hall–Kier alpha value is -2.78. The number of ether oxygens (including phenoxy) is 1. The van der Waals surface area contributed by atoms with Gasteiger partial charge < -0.3 is 20.3 Å². The number of carbonyl (C=O) groups excluding carboxylic acids is 2. The highest BCUT2D eigenvalue weighted by molar-refractivity contribution is 5.94. The number of amides is 2. The molecule has 3 rings (SSSR count). The topological polar surface area (TPSA) is 119 Å². The summed E-state index contributed by atoms with van der Waals surface area (Å²) in [6, 6.07) is 15.1. The molecule has 1 aliphatic rings. The summed E-state index contributed by atoms with van der Waals surface area (Å²) >= 11 is 0. The van der Waals surface area contributed by atoms with Crippen LogP contribution in [0.25, 0.3) is 0 Å². The molecule has 2 aromatic rings. The zero-order valence-electron chi connectivity index (χ0n) is 16.0. The second-order valence-electron chi connectivity index (χ2n) is 7.21. The van der Waals surface area contributed by atoms with E-state index in [0.29, 0.717) is 10.6 Å². The molecule has 0 spiro atoms. The second-order valence-corrected chi connectivity index (χ2v) is 7.21. The maximum atomic E-state index is 12.2. The van der Waals surface area contributed by atoms with E-state index in [0.717, 1.165) is 5.56 Å². The highest BCUT2D eigenvalue weighted by Crippen LogP contribution is 2.26. The number of rotatable bonds is 6. The molecular weight excluding hydrogens is 376 g/mol. The molecule has 1 heterocycles. The number of nitrogens with one attached hydrogen (secondary N) is 1. The summed E-state index contributed by atoms with van der Waals surface area (Å²) in [5.74, 6) is -1.04. The lowest BCUT2D eigenvalue weighted by Crippen LogP contribution is -2.54. The van der Waals surface area contributed by atoms with E-state index in [1.165, 1.54) is 12.1 Å². The van der Waals surface area contributed by atoms with Crippen molar-refractivity contribution < 1.29 is 29.7 Å². The van der Waals surface area contributed by atoms with Gasteiger partial charge in [-0.1, -0.05) is 35.9 Å². The Morgan fingerprint density at radius 3 is 2.55 bits per heavy atom. The van der Waals surface area contributed by atoms with Gasteiger partial charge in [0.2, 0.25) is 0 Å². The van der Waals surface area contributed by atoms with Crippen LogP contribution >= 0.6 is 0 Å². The summed E-state index contributed by atoms with van der Waals surface area (Å²) in [7, 11) is 0. The third-order valence-corrected chi connectivity index (χ3v) is 4.87. The van der Waals surface area contributed by atoms with Gasteiger partial charge in [0.25, 0.3) is 11.8 Å². The first-order valence-corrected chi connectivity index (χ1v) is 9.23. The predicted octanol–water partition coefficient (Wildman–Crippen LogP) is 0.747. The van der Waals surface area contributed by atoms with E-state index in [4.69, 9.17) is 4.74 Å². The van der Waals surface area contributed by atoms with Crippen molar-refractivity contribution >= 4 is 11.8 Å². The number of aryl methyl sites for hydroxylation is 1. The molecule has 0 aromatic heterocycles. The van der Waals surface area contributed by atoms with E-state index >= 15 is 0 Å². The van der Waals surface area contributed by atoms with Gasteiger partial charge in [-0.3, -0.25) is 14.8 Å². The van der Waals surface area contributed by atoms with Crippen molar-refractivity contribution in [2.45, 2.75) is 24.7 Å². The van der Waals surface area contributed by atoms with Crippen LogP contribution in [0.2, 0.25) is 0 Å². The van der Waals surface area contributed by atoms with Gasteiger partial charge in [-0.2, -0.15) is 0 Å². The molecule has 4 N–H and O–H groups in total. The fourth-order valence-electron chi connectivity index (χ4n) is 3.23. The van der Waals surface area contributed by atoms with Crippen molar-refractivity contribution in [2.24, 2.45) is 0 Å². The highest BCUT2D eigenvalue weighted by atomic mass is 16.5. The predicted molar refractivity (Wildman–Crippen MR) is 103 cm³/mol. The summed E-state index contributed by atoms with van der Waals surface area (Å²) in [5, 5.41) is 34.2. The first-order chi connectivity index (χ1) is 13.8. The Balaban J connectivity index is 1.57. The van der Waals surface area contributed by atoms with E-state index in [2.05, 4.69) is 5.32 Å². The molecule has 0 bridgehead atoms. The molecular formula is C21H24N2O6. The fraction of sp³-hybridized carbons (Fsp3) is 0.333. The van der Waals surface area contributed by atoms with Crippen molar-refractivity contribution in [3.63, 3.8) is 0 Å². The monoisotopic (exact) mass is 400 g/mol. The average molecular weight is 400 g/mol. The van der Waals surface area contributed by atoms with Crippen molar-refractivity contribution in [3.8, 4) is 0 Å². The van der Waals surface area contributed by atoms with Crippen molar-refractivity contribution in [3.05, 3.63) is 71.3 Å². The fourth-order valence-corrected chi connectivity index (χ4v) is 3.23. The minimum atomic E-state index is -1.86. The average Bonchev–Trinajstić information content (AvgIpc) is 3.00. The minimum absolute atomic E-state index is 0.0334. The molecule has 8 heteroatoms. The van der Waals surface area contributed by atoms with Gasteiger partial charge in [0.15, 0.2) is 0 Å². The standard InChI is InChI=1S/C21H24N2O6/c1-14-6-5-9-16(10-14)19(25)22-11-17-18(24)21(27,13-29-17)12-23(28)20(26)15-7-3-2-4-8-15/h2-10,17-18,24,27-28H,11-13H2,1H3,(H,22,25)/t17-,18-,21+/m1/s1. The molecule has 8 nitrogen and oxygen atoms in total. The van der Waals surface area contributed by atoms with E-state index < -0.39 is 30.3 Å². The summed E-state index contributed by atoms with van der Waals surface area (Å²) in [6.07, 6.45) is -2.28. The number of nitrogens with zero attached hydrogens (tertiary/aromatic N) is 1. The Bertz CT molecular complexity index is 874. The number of hydrogen-bond donors (Lipinski definition) is 4. The Morgan fingerprint density at radius 1 is 1.17 bits per heavy atom. The molecule has 0 saturated carbocycles. The zero-order chi connectivity index (χ0) is 21.0. The Morgan fingerprint density at radius 2 is 1.86 bits per heavy atom.